The van der Waals surface area contributed by atoms with Gasteiger partial charge in [-0.15, -0.1) is 0 Å². The van der Waals surface area contributed by atoms with Gasteiger partial charge in [-0.2, -0.15) is 0 Å². The Morgan fingerprint density at radius 2 is 1.87 bits per heavy atom. The van der Waals surface area contributed by atoms with Crippen LogP contribution in [0.1, 0.15) is 44.5 Å². The minimum Gasteiger partial charge on any atom is -0.373 e. The van der Waals surface area contributed by atoms with Crippen molar-refractivity contribution in [1.29, 1.82) is 0 Å². The molecule has 0 spiro atoms. The number of hydrogen-bond donors (Lipinski definition) is 5. The Bertz CT molecular complexity index is 1100. The Morgan fingerprint density at radius 1 is 1.20 bits per heavy atom. The van der Waals surface area contributed by atoms with E-state index in [1.54, 1.807) is 9.47 Å². The number of pyridine rings is 1. The van der Waals surface area contributed by atoms with E-state index in [9.17, 15) is 9.90 Å². The minimum atomic E-state index is -1.21. The first-order valence-corrected chi connectivity index (χ1v) is 10.9. The molecule has 3 heterocycles. The fraction of sp³-hybridized carbons (Fsp3) is 0.526. The largest absolute Gasteiger partial charge is 0.373 e. The second kappa shape index (κ2) is 7.06. The molecule has 1 aliphatic carbocycles. The lowest BCUT2D eigenvalue weighted by Gasteiger charge is -2.38. The van der Waals surface area contributed by atoms with Gasteiger partial charge in [-0.3, -0.25) is 10.6 Å². The summed E-state index contributed by atoms with van der Waals surface area (Å²) >= 11 is 1.10. The van der Waals surface area contributed by atoms with Crippen molar-refractivity contribution in [2.45, 2.75) is 56.1 Å². The molecule has 1 saturated carbocycles. The van der Waals surface area contributed by atoms with Crippen molar-refractivity contribution in [1.82, 2.24) is 14.6 Å². The van der Waals surface area contributed by atoms with Gasteiger partial charge in [-0.05, 0) is 38.6 Å². The minimum absolute atomic E-state index is 0.0132. The second-order valence-corrected chi connectivity index (χ2v) is 9.19. The monoisotopic (exact) mass is 438 g/mol. The summed E-state index contributed by atoms with van der Waals surface area (Å²) in [6.07, 6.45) is 0.429. The van der Waals surface area contributed by atoms with Crippen LogP contribution >= 0.6 is 11.9 Å². The number of hydrogen-bond acceptors (Lipinski definition) is 8. The van der Waals surface area contributed by atoms with Gasteiger partial charge < -0.3 is 25.3 Å². The van der Waals surface area contributed by atoms with Crippen molar-refractivity contribution in [2.75, 3.05) is 23.4 Å². The van der Waals surface area contributed by atoms with Crippen LogP contribution in [0, 0.1) is 11.6 Å². The molecule has 30 heavy (non-hydrogen) atoms. The van der Waals surface area contributed by atoms with Gasteiger partial charge in [0.15, 0.2) is 17.1 Å². The van der Waals surface area contributed by atoms with E-state index in [0.29, 0.717) is 18.1 Å². The standard InChI is InChI=1S/C19H24F2N6O2S/c1-7-5-26(6-8(2)23-7)16-12(20)14(24-22)10-15(13(16)21)27(9-3-4-9)19-11(17(10)28)18(29)25-30-19/h7-9,18,23-25,29H,3-6,22H2,1-2H3. The van der Waals surface area contributed by atoms with E-state index in [-0.39, 0.29) is 46.0 Å². The summed E-state index contributed by atoms with van der Waals surface area (Å²) in [5.74, 6) is 3.98. The zero-order chi connectivity index (χ0) is 21.3. The van der Waals surface area contributed by atoms with Gasteiger partial charge in [0.1, 0.15) is 22.6 Å². The van der Waals surface area contributed by atoms with Crippen molar-refractivity contribution >= 4 is 34.2 Å². The van der Waals surface area contributed by atoms with E-state index in [2.05, 4.69) is 15.5 Å². The Labute approximate surface area is 175 Å². The molecule has 11 heteroatoms. The number of piperazine rings is 1. The molecule has 8 nitrogen and oxygen atoms in total. The third kappa shape index (κ3) is 2.83. The van der Waals surface area contributed by atoms with Crippen molar-refractivity contribution in [3.05, 3.63) is 27.4 Å². The fourth-order valence-corrected chi connectivity index (χ4v) is 5.69. The maximum absolute atomic E-state index is 16.1. The normalized spacial score (nSPS) is 26.3. The molecule has 0 radical (unpaired) electrons. The first-order valence-electron chi connectivity index (χ1n) is 10.0. The molecule has 3 unspecified atom stereocenters. The predicted molar refractivity (Wildman–Crippen MR) is 112 cm³/mol. The lowest BCUT2D eigenvalue weighted by atomic mass is 10.0. The van der Waals surface area contributed by atoms with Gasteiger partial charge in [0, 0.05) is 31.2 Å². The van der Waals surface area contributed by atoms with Gasteiger partial charge in [-0.1, -0.05) is 0 Å². The molecule has 1 aromatic heterocycles. The molecule has 6 N–H and O–H groups in total. The average Bonchev–Trinajstić information content (AvgIpc) is 3.44. The van der Waals surface area contributed by atoms with E-state index in [4.69, 9.17) is 5.84 Å². The summed E-state index contributed by atoms with van der Waals surface area (Å²) in [5, 5.41) is 13.9. The smallest absolute Gasteiger partial charge is 0.200 e. The maximum Gasteiger partial charge on any atom is 0.200 e. The Hall–Kier alpha value is -1.92. The highest BCUT2D eigenvalue weighted by atomic mass is 32.2. The van der Waals surface area contributed by atoms with Crippen LogP contribution in [0.4, 0.5) is 20.2 Å². The SMILES string of the molecule is CC1CN(c2c(F)c(NN)c3c(=O)c4c(n(C5CC5)c3c2F)SNC4O)CC(C)N1. The van der Waals surface area contributed by atoms with Crippen molar-refractivity contribution in [3.63, 3.8) is 0 Å². The molecule has 3 aliphatic rings. The third-order valence-corrected chi connectivity index (χ3v) is 6.91. The van der Waals surface area contributed by atoms with Crippen molar-refractivity contribution < 1.29 is 13.9 Å². The lowest BCUT2D eigenvalue weighted by Crippen LogP contribution is -2.54. The third-order valence-electron chi connectivity index (χ3n) is 5.96. The Kier molecular flexibility index (Phi) is 4.71. The number of aliphatic hydroxyl groups is 1. The van der Waals surface area contributed by atoms with Crippen molar-refractivity contribution in [3.8, 4) is 0 Å². The summed E-state index contributed by atoms with van der Waals surface area (Å²) in [4.78, 5) is 14.9. The van der Waals surface area contributed by atoms with Crippen LogP contribution in [0.25, 0.3) is 10.9 Å². The lowest BCUT2D eigenvalue weighted by molar-refractivity contribution is 0.171. The van der Waals surface area contributed by atoms with Crippen molar-refractivity contribution in [2.24, 2.45) is 5.84 Å². The molecule has 5 rings (SSSR count). The number of rotatable bonds is 3. The highest BCUT2D eigenvalue weighted by Crippen LogP contribution is 2.47. The quantitative estimate of drug-likeness (QED) is 0.280. The molecule has 0 bridgehead atoms. The zero-order valence-electron chi connectivity index (χ0n) is 16.6. The molecule has 1 aromatic carbocycles. The van der Waals surface area contributed by atoms with Crippen LogP contribution < -0.4 is 31.6 Å². The summed E-state index contributed by atoms with van der Waals surface area (Å²) < 4.78 is 36.1. The Morgan fingerprint density at radius 3 is 2.47 bits per heavy atom. The summed E-state index contributed by atoms with van der Waals surface area (Å²) in [6, 6.07) is 0.0666. The number of nitrogens with two attached hydrogens (primary N) is 1. The number of hydrazine groups is 1. The van der Waals surface area contributed by atoms with Crippen LogP contribution in [0.5, 0.6) is 0 Å². The highest BCUT2D eigenvalue weighted by molar-refractivity contribution is 7.97. The first kappa shape index (κ1) is 20.0. The number of benzene rings is 1. The van der Waals surface area contributed by atoms with Crippen LogP contribution in [0.2, 0.25) is 0 Å². The number of nitrogens with one attached hydrogen (secondary N) is 3. The molecule has 3 atom stereocenters. The topological polar surface area (TPSA) is 108 Å². The van der Waals surface area contributed by atoms with E-state index >= 15 is 8.78 Å². The van der Waals surface area contributed by atoms with E-state index in [1.807, 2.05) is 13.8 Å². The fourth-order valence-electron chi connectivity index (χ4n) is 4.69. The Balaban J connectivity index is 1.87. The number of fused-ring (bicyclic) bond motifs is 2. The second-order valence-electron chi connectivity index (χ2n) is 8.36. The average molecular weight is 439 g/mol. The number of aromatic nitrogens is 1. The van der Waals surface area contributed by atoms with E-state index in [0.717, 1.165) is 24.8 Å². The van der Waals surface area contributed by atoms with Gasteiger partial charge >= 0.3 is 0 Å². The number of aliphatic hydroxyl groups excluding tert-OH is 1. The molecule has 162 valence electrons. The molecular formula is C19H24F2N6O2S. The summed E-state index contributed by atoms with van der Waals surface area (Å²) in [5.41, 5.74) is 1.39. The zero-order valence-corrected chi connectivity index (χ0v) is 17.4. The highest BCUT2D eigenvalue weighted by Gasteiger charge is 2.39. The molecule has 0 amide bonds. The molecule has 1 saturated heterocycles. The van der Waals surface area contributed by atoms with Crippen LogP contribution in [-0.2, 0) is 0 Å². The van der Waals surface area contributed by atoms with Gasteiger partial charge in [0.05, 0.1) is 16.5 Å². The van der Waals surface area contributed by atoms with E-state index in [1.165, 1.54) is 0 Å². The van der Waals surface area contributed by atoms with E-state index < -0.39 is 23.3 Å². The first-order chi connectivity index (χ1) is 14.3. The maximum atomic E-state index is 16.1. The van der Waals surface area contributed by atoms with Crippen LogP contribution in [0.3, 0.4) is 0 Å². The van der Waals surface area contributed by atoms with Crippen LogP contribution in [-0.4, -0.2) is 34.8 Å². The molecule has 2 fully saturated rings. The molecular weight excluding hydrogens is 414 g/mol. The number of nitrogen functional groups attached to an aromatic ring is 1. The molecule has 2 aromatic rings. The number of anilines is 2. The summed E-state index contributed by atoms with van der Waals surface area (Å²) in [6.45, 7) is 4.75. The predicted octanol–water partition coefficient (Wildman–Crippen LogP) is 1.69. The van der Waals surface area contributed by atoms with Gasteiger partial charge in [0.25, 0.3) is 0 Å². The summed E-state index contributed by atoms with van der Waals surface area (Å²) in [7, 11) is 0. The number of nitrogens with zero attached hydrogens (tertiary/aromatic N) is 2. The van der Waals surface area contributed by atoms with Gasteiger partial charge in [-0.25, -0.2) is 13.5 Å². The number of halogens is 2. The van der Waals surface area contributed by atoms with Gasteiger partial charge in [0.2, 0.25) is 0 Å². The molecule has 2 aliphatic heterocycles. The van der Waals surface area contributed by atoms with Crippen LogP contribution in [0.15, 0.2) is 9.82 Å².